The van der Waals surface area contributed by atoms with Gasteiger partial charge in [0.05, 0.1) is 10.8 Å². The maximum atomic E-state index is 15.3. The minimum Gasteiger partial charge on any atom is -0.310 e. The normalized spacial score (nSPS) is 15.2. The zero-order valence-electron chi connectivity index (χ0n) is 47.7. The van der Waals surface area contributed by atoms with E-state index in [0.717, 1.165) is 139 Å². The zero-order chi connectivity index (χ0) is 58.6. The molecule has 13 aromatic carbocycles. The Morgan fingerprint density at radius 3 is 0.977 bits per heavy atom. The van der Waals surface area contributed by atoms with Crippen LogP contribution in [0.1, 0.15) is 55.6 Å². The molecule has 0 fully saturated rings. The van der Waals surface area contributed by atoms with E-state index in [2.05, 4.69) is 273 Å². The molecule has 0 amide bonds. The highest BCUT2D eigenvalue weighted by atomic mass is 19.1. The van der Waals surface area contributed by atoms with Gasteiger partial charge in [-0.25, -0.2) is 8.78 Å². The quantitative estimate of drug-likeness (QED) is 0.111. The predicted molar refractivity (Wildman–Crippen MR) is 358 cm³/mol. The van der Waals surface area contributed by atoms with Gasteiger partial charge < -0.3 is 4.90 Å². The number of fused-ring (bicyclic) bond motifs is 6. The number of anilines is 3. The van der Waals surface area contributed by atoms with Crippen molar-refractivity contribution >= 4 is 29.2 Å². The minimum absolute atomic E-state index is 0.293. The van der Waals surface area contributed by atoms with E-state index in [1.807, 2.05) is 42.5 Å². The maximum absolute atomic E-state index is 15.3. The van der Waals surface area contributed by atoms with Gasteiger partial charge in [0.1, 0.15) is 11.6 Å². The lowest BCUT2D eigenvalue weighted by molar-refractivity contribution is 0.624. The molecule has 0 heterocycles. The summed E-state index contributed by atoms with van der Waals surface area (Å²) in [6.45, 7) is 7.95. The van der Waals surface area contributed by atoms with Crippen LogP contribution in [-0.2, 0) is 10.8 Å². The molecule has 0 spiro atoms. The lowest BCUT2D eigenvalue weighted by Gasteiger charge is -2.36. The van der Waals surface area contributed by atoms with Crippen LogP contribution in [0.5, 0.6) is 0 Å². The molecule has 2 aliphatic carbocycles. The number of nitrogens with zero attached hydrogens (tertiary/aromatic N) is 1. The maximum Gasteiger partial charge on any atom is 0.123 e. The Morgan fingerprint density at radius 1 is 0.253 bits per heavy atom. The Hall–Kier alpha value is -11.0. The lowest BCUT2D eigenvalue weighted by Crippen LogP contribution is -2.29. The predicted octanol–water partition coefficient (Wildman–Crippen LogP) is 22.1. The van der Waals surface area contributed by atoms with Gasteiger partial charge in [0.2, 0.25) is 0 Å². The molecular formula is C84H57F2N. The summed E-state index contributed by atoms with van der Waals surface area (Å²) in [5.74, 6) is -0.585. The van der Waals surface area contributed by atoms with Crippen LogP contribution in [0.15, 0.2) is 323 Å². The van der Waals surface area contributed by atoms with E-state index >= 15 is 8.78 Å². The summed E-state index contributed by atoms with van der Waals surface area (Å²) in [5, 5.41) is 0. The molecular weight excluding hydrogens is 1060 g/mol. The van der Waals surface area contributed by atoms with Crippen molar-refractivity contribution in [3.63, 3.8) is 0 Å². The van der Waals surface area contributed by atoms with Gasteiger partial charge in [0, 0.05) is 17.1 Å². The van der Waals surface area contributed by atoms with E-state index < -0.39 is 10.8 Å². The molecule has 0 aliphatic heterocycles. The molecule has 2 aliphatic rings. The van der Waals surface area contributed by atoms with Crippen molar-refractivity contribution in [3.05, 3.63) is 390 Å². The molecule has 0 saturated heterocycles. The Kier molecular flexibility index (Phi) is 13.1. The average molecular weight is 1120 g/mol. The summed E-state index contributed by atoms with van der Waals surface area (Å²) in [5.41, 5.74) is 25.1. The van der Waals surface area contributed by atoms with Crippen molar-refractivity contribution in [2.75, 3.05) is 4.90 Å². The summed E-state index contributed by atoms with van der Waals surface area (Å²) in [6.07, 6.45) is 3.72. The van der Waals surface area contributed by atoms with Crippen molar-refractivity contribution in [1.29, 1.82) is 0 Å². The first-order valence-corrected chi connectivity index (χ1v) is 29.6. The van der Waals surface area contributed by atoms with Crippen molar-refractivity contribution in [2.45, 2.75) is 10.8 Å². The van der Waals surface area contributed by atoms with Crippen LogP contribution >= 0.6 is 0 Å². The number of halogens is 2. The summed E-state index contributed by atoms with van der Waals surface area (Å²) in [7, 11) is 0. The van der Waals surface area contributed by atoms with Gasteiger partial charge in [-0.05, 0) is 189 Å². The molecule has 13 aromatic rings. The highest BCUT2D eigenvalue weighted by Gasteiger charge is 2.48. The van der Waals surface area contributed by atoms with Crippen LogP contribution in [0.3, 0.4) is 0 Å². The van der Waals surface area contributed by atoms with Gasteiger partial charge >= 0.3 is 0 Å². The first-order chi connectivity index (χ1) is 42.8. The van der Waals surface area contributed by atoms with Crippen molar-refractivity contribution in [2.24, 2.45) is 0 Å². The molecule has 0 N–H and O–H groups in total. The van der Waals surface area contributed by atoms with Crippen LogP contribution < -0.4 is 4.90 Å². The zero-order valence-corrected chi connectivity index (χ0v) is 47.7. The van der Waals surface area contributed by atoms with Crippen LogP contribution in [0.2, 0.25) is 0 Å². The second kappa shape index (κ2) is 21.6. The van der Waals surface area contributed by atoms with Crippen molar-refractivity contribution in [1.82, 2.24) is 0 Å². The van der Waals surface area contributed by atoms with Crippen molar-refractivity contribution < 1.29 is 8.78 Å². The summed E-state index contributed by atoms with van der Waals surface area (Å²) in [4.78, 5) is 2.38. The number of hydrogen-bond donors (Lipinski definition) is 0. The summed E-state index contributed by atoms with van der Waals surface area (Å²) >= 11 is 0. The van der Waals surface area contributed by atoms with Gasteiger partial charge in [-0.15, -0.1) is 0 Å². The molecule has 0 bridgehead atoms. The van der Waals surface area contributed by atoms with Gasteiger partial charge in [0.25, 0.3) is 0 Å². The van der Waals surface area contributed by atoms with Crippen LogP contribution in [0.25, 0.3) is 78.9 Å². The average Bonchev–Trinajstić information content (AvgIpc) is 1.61. The molecule has 2 atom stereocenters. The molecule has 3 heteroatoms. The molecule has 0 aromatic heterocycles. The van der Waals surface area contributed by atoms with Crippen LogP contribution in [-0.4, -0.2) is 0 Å². The van der Waals surface area contributed by atoms with Crippen LogP contribution in [0.4, 0.5) is 25.8 Å². The van der Waals surface area contributed by atoms with Crippen LogP contribution in [0, 0.1) is 11.6 Å². The fourth-order valence-electron chi connectivity index (χ4n) is 14.0. The fourth-order valence-corrected chi connectivity index (χ4v) is 14.0. The summed E-state index contributed by atoms with van der Waals surface area (Å²) in [6, 6.07) is 108. The molecule has 1 nitrogen and oxygen atoms in total. The molecule has 412 valence electrons. The third-order valence-electron chi connectivity index (χ3n) is 18.2. The van der Waals surface area contributed by atoms with Gasteiger partial charge in [-0.1, -0.05) is 268 Å². The monoisotopic (exact) mass is 1120 g/mol. The Bertz CT molecular complexity index is 4500. The van der Waals surface area contributed by atoms with E-state index in [-0.39, 0.29) is 11.6 Å². The SMILES string of the molecule is C=Cc1ccc(-c2ccc(C3(c4ccc(F)cc4)c4ccccc4-c4ccc(N(c5ccc(-c6cccc(-c7ccccc7)c6)cc5)c5ccc6c(c5)C(c5ccc(F)cc5)(c5ccc(-c7ccc(C=C)cc7)cc5)c5ccccc5-6)cc43)cc2)cc1. The molecule has 2 unspecified atom stereocenters. The molecule has 0 saturated carbocycles. The van der Waals surface area contributed by atoms with E-state index in [4.69, 9.17) is 0 Å². The largest absolute Gasteiger partial charge is 0.310 e. The van der Waals surface area contributed by atoms with Gasteiger partial charge in [-0.3, -0.25) is 0 Å². The smallest absolute Gasteiger partial charge is 0.123 e. The lowest BCUT2D eigenvalue weighted by atomic mass is 9.67. The van der Waals surface area contributed by atoms with E-state index in [1.165, 1.54) is 0 Å². The Morgan fingerprint density at radius 2 is 0.563 bits per heavy atom. The molecule has 15 rings (SSSR count). The number of benzene rings is 13. The Labute approximate surface area is 507 Å². The van der Waals surface area contributed by atoms with E-state index in [0.29, 0.717) is 0 Å². The topological polar surface area (TPSA) is 3.24 Å². The highest BCUT2D eigenvalue weighted by Crippen LogP contribution is 2.60. The highest BCUT2D eigenvalue weighted by molar-refractivity contribution is 5.93. The first kappa shape index (κ1) is 52.8. The Balaban J connectivity index is 0.950. The fraction of sp³-hybridized carbons (Fsp3) is 0.0238. The second-order valence-corrected chi connectivity index (χ2v) is 22.7. The number of hydrogen-bond acceptors (Lipinski definition) is 1. The standard InChI is InChI=1S/C84H57F2N/c1-3-56-21-25-59(26-22-56)61-29-35-66(36-30-61)83(68-39-43-70(85)44-40-68)79-19-10-8-17-75(79)77-51-49-73(54-81(77)83)87(72-47-33-63(34-48-72)65-16-12-15-64(53-65)58-13-6-5-7-14-58)74-50-52-78-76-18-9-11-20-80(76)84(82(78)55-74,69-41-45-71(86)46-42-69)67-37-31-62(32-38-67)60-27-23-57(4-2)24-28-60/h3-55H,1-2H2. The molecule has 0 radical (unpaired) electrons. The first-order valence-electron chi connectivity index (χ1n) is 29.6. The third-order valence-corrected chi connectivity index (χ3v) is 18.2. The van der Waals surface area contributed by atoms with E-state index in [9.17, 15) is 0 Å². The second-order valence-electron chi connectivity index (χ2n) is 22.7. The van der Waals surface area contributed by atoms with Gasteiger partial charge in [-0.2, -0.15) is 0 Å². The van der Waals surface area contributed by atoms with Crippen molar-refractivity contribution in [3.8, 4) is 66.8 Å². The number of rotatable bonds is 13. The van der Waals surface area contributed by atoms with E-state index in [1.54, 1.807) is 24.3 Å². The summed E-state index contributed by atoms with van der Waals surface area (Å²) < 4.78 is 30.6. The van der Waals surface area contributed by atoms with Gasteiger partial charge in [0.15, 0.2) is 0 Å². The third kappa shape index (κ3) is 8.81. The molecule has 87 heavy (non-hydrogen) atoms. The minimum atomic E-state index is -0.850.